The SMILES string of the molecule is O=C(O)CCc1nc(-c2ccc(C(=O)NCCC(F)(F)F)cc2)ns1. The Hall–Kier alpha value is -2.49. The van der Waals surface area contributed by atoms with Gasteiger partial charge >= 0.3 is 12.1 Å². The minimum absolute atomic E-state index is 0.0360. The highest BCUT2D eigenvalue weighted by atomic mass is 32.1. The molecule has 0 aliphatic heterocycles. The first-order chi connectivity index (χ1) is 11.7. The zero-order valence-electron chi connectivity index (χ0n) is 12.8. The Morgan fingerprint density at radius 2 is 1.88 bits per heavy atom. The number of carbonyl (C=O) groups is 2. The molecule has 0 spiro atoms. The fourth-order valence-electron chi connectivity index (χ4n) is 1.88. The number of nitrogens with zero attached hydrogens (tertiary/aromatic N) is 2. The summed E-state index contributed by atoms with van der Waals surface area (Å²) in [5, 5.41) is 11.4. The Balaban J connectivity index is 1.95. The van der Waals surface area contributed by atoms with Crippen molar-refractivity contribution in [3.8, 4) is 11.4 Å². The zero-order valence-corrected chi connectivity index (χ0v) is 13.7. The molecule has 1 aromatic heterocycles. The van der Waals surface area contributed by atoms with E-state index in [4.69, 9.17) is 5.11 Å². The van der Waals surface area contributed by atoms with Crippen molar-refractivity contribution in [1.82, 2.24) is 14.7 Å². The van der Waals surface area contributed by atoms with Crippen LogP contribution in [0.2, 0.25) is 0 Å². The van der Waals surface area contributed by atoms with Gasteiger partial charge in [0.05, 0.1) is 12.8 Å². The Labute approximate surface area is 144 Å². The van der Waals surface area contributed by atoms with E-state index in [2.05, 4.69) is 14.7 Å². The largest absolute Gasteiger partial charge is 0.481 e. The monoisotopic (exact) mass is 373 g/mol. The summed E-state index contributed by atoms with van der Waals surface area (Å²) in [5.41, 5.74) is 0.858. The van der Waals surface area contributed by atoms with Gasteiger partial charge in [0.25, 0.3) is 5.91 Å². The lowest BCUT2D eigenvalue weighted by atomic mass is 10.1. The van der Waals surface area contributed by atoms with Crippen molar-refractivity contribution < 1.29 is 27.9 Å². The normalized spacial score (nSPS) is 11.3. The lowest BCUT2D eigenvalue weighted by Gasteiger charge is -2.08. The van der Waals surface area contributed by atoms with Gasteiger partial charge in [-0.25, -0.2) is 4.98 Å². The molecule has 6 nitrogen and oxygen atoms in total. The van der Waals surface area contributed by atoms with E-state index in [1.807, 2.05) is 0 Å². The minimum Gasteiger partial charge on any atom is -0.481 e. The van der Waals surface area contributed by atoms with E-state index in [9.17, 15) is 22.8 Å². The molecular weight excluding hydrogens is 359 g/mol. The summed E-state index contributed by atoms with van der Waals surface area (Å²) in [4.78, 5) is 26.5. The molecule has 2 rings (SSSR count). The third-order valence-electron chi connectivity index (χ3n) is 3.12. The highest BCUT2D eigenvalue weighted by molar-refractivity contribution is 7.05. The number of nitrogens with one attached hydrogen (secondary N) is 1. The highest BCUT2D eigenvalue weighted by Gasteiger charge is 2.26. The lowest BCUT2D eigenvalue weighted by Crippen LogP contribution is -2.27. The van der Waals surface area contributed by atoms with Crippen LogP contribution in [0.4, 0.5) is 13.2 Å². The molecule has 25 heavy (non-hydrogen) atoms. The van der Waals surface area contributed by atoms with Crippen LogP contribution >= 0.6 is 11.5 Å². The lowest BCUT2D eigenvalue weighted by molar-refractivity contribution is -0.137. The number of carboxylic acid groups (broad SMARTS) is 1. The Kier molecular flexibility index (Phi) is 6.07. The first-order valence-corrected chi connectivity index (χ1v) is 8.02. The number of aryl methyl sites for hydroxylation is 1. The number of benzene rings is 1. The van der Waals surface area contributed by atoms with E-state index in [1.54, 1.807) is 12.1 Å². The van der Waals surface area contributed by atoms with Crippen LogP contribution in [0.3, 0.4) is 0 Å². The fraction of sp³-hybridized carbons (Fsp3) is 0.333. The van der Waals surface area contributed by atoms with Gasteiger partial charge in [0.1, 0.15) is 5.01 Å². The minimum atomic E-state index is -4.31. The van der Waals surface area contributed by atoms with Crippen LogP contribution in [0.1, 0.15) is 28.2 Å². The van der Waals surface area contributed by atoms with Crippen molar-refractivity contribution in [2.45, 2.75) is 25.4 Å². The van der Waals surface area contributed by atoms with E-state index < -0.39 is 31.0 Å². The predicted molar refractivity (Wildman–Crippen MR) is 84.3 cm³/mol. The topological polar surface area (TPSA) is 92.2 Å². The van der Waals surface area contributed by atoms with Gasteiger partial charge in [0.2, 0.25) is 0 Å². The Bertz CT molecular complexity index is 744. The number of hydrogen-bond donors (Lipinski definition) is 2. The van der Waals surface area contributed by atoms with Gasteiger partial charge in [-0.3, -0.25) is 9.59 Å². The van der Waals surface area contributed by atoms with Crippen LogP contribution in [-0.2, 0) is 11.2 Å². The molecule has 1 amide bonds. The van der Waals surface area contributed by atoms with Crippen molar-refractivity contribution in [1.29, 1.82) is 0 Å². The first-order valence-electron chi connectivity index (χ1n) is 7.24. The number of halogens is 3. The number of amides is 1. The molecule has 10 heteroatoms. The van der Waals surface area contributed by atoms with Crippen LogP contribution in [0, 0.1) is 0 Å². The molecule has 0 saturated carbocycles. The second kappa shape index (κ2) is 8.06. The number of aliphatic carboxylic acids is 1. The van der Waals surface area contributed by atoms with Crippen LogP contribution in [0.5, 0.6) is 0 Å². The molecule has 2 aromatic rings. The Morgan fingerprint density at radius 1 is 1.20 bits per heavy atom. The standard InChI is InChI=1S/C15H14F3N3O3S/c16-15(17,18)7-8-19-14(24)10-3-1-9(2-4-10)13-20-11(25-21-13)5-6-12(22)23/h1-4H,5-8H2,(H,19,24)(H,22,23). The molecule has 0 radical (unpaired) electrons. The van der Waals surface area contributed by atoms with Gasteiger partial charge in [-0.1, -0.05) is 12.1 Å². The molecule has 0 saturated heterocycles. The molecule has 0 bridgehead atoms. The van der Waals surface area contributed by atoms with E-state index in [0.29, 0.717) is 16.4 Å². The molecule has 0 atom stereocenters. The highest BCUT2D eigenvalue weighted by Crippen LogP contribution is 2.20. The molecule has 0 unspecified atom stereocenters. The third kappa shape index (κ3) is 6.14. The smallest absolute Gasteiger partial charge is 0.390 e. The zero-order chi connectivity index (χ0) is 18.4. The van der Waals surface area contributed by atoms with E-state index in [-0.39, 0.29) is 18.4 Å². The van der Waals surface area contributed by atoms with Crippen LogP contribution in [-0.4, -0.2) is 39.1 Å². The number of alkyl halides is 3. The molecule has 134 valence electrons. The van der Waals surface area contributed by atoms with Gasteiger partial charge in [0.15, 0.2) is 5.82 Å². The Morgan fingerprint density at radius 3 is 2.48 bits per heavy atom. The molecule has 0 fully saturated rings. The van der Waals surface area contributed by atoms with Gasteiger partial charge in [-0.2, -0.15) is 17.5 Å². The average Bonchev–Trinajstić information content (AvgIpc) is 3.01. The summed E-state index contributed by atoms with van der Waals surface area (Å²) >= 11 is 1.10. The van der Waals surface area contributed by atoms with Crippen molar-refractivity contribution in [2.75, 3.05) is 6.54 Å². The molecule has 0 aliphatic rings. The van der Waals surface area contributed by atoms with Crippen LogP contribution in [0.25, 0.3) is 11.4 Å². The van der Waals surface area contributed by atoms with Gasteiger partial charge in [0, 0.05) is 24.1 Å². The molecule has 1 heterocycles. The summed E-state index contributed by atoms with van der Waals surface area (Å²) in [5.74, 6) is -1.10. The average molecular weight is 373 g/mol. The second-order valence-corrected chi connectivity index (χ2v) is 5.94. The number of aromatic nitrogens is 2. The molecule has 1 aromatic carbocycles. The second-order valence-electron chi connectivity index (χ2n) is 5.10. The summed E-state index contributed by atoms with van der Waals surface area (Å²) in [7, 11) is 0. The van der Waals surface area contributed by atoms with E-state index >= 15 is 0 Å². The van der Waals surface area contributed by atoms with Crippen LogP contribution < -0.4 is 5.32 Å². The maximum atomic E-state index is 12.1. The molecular formula is C15H14F3N3O3S. The maximum Gasteiger partial charge on any atom is 0.390 e. The molecule has 0 aliphatic carbocycles. The van der Waals surface area contributed by atoms with Gasteiger partial charge in [-0.05, 0) is 23.7 Å². The third-order valence-corrected chi connectivity index (χ3v) is 3.89. The summed E-state index contributed by atoms with van der Waals surface area (Å²) in [6.45, 7) is -0.481. The predicted octanol–water partition coefficient (Wildman–Crippen LogP) is 2.90. The number of hydrogen-bond acceptors (Lipinski definition) is 5. The van der Waals surface area contributed by atoms with Gasteiger partial charge in [-0.15, -0.1) is 0 Å². The maximum absolute atomic E-state index is 12.1. The van der Waals surface area contributed by atoms with Crippen molar-refractivity contribution >= 4 is 23.4 Å². The summed E-state index contributed by atoms with van der Waals surface area (Å²) < 4.78 is 40.3. The van der Waals surface area contributed by atoms with E-state index in [0.717, 1.165) is 11.5 Å². The fourth-order valence-corrected chi connectivity index (χ4v) is 2.54. The summed E-state index contributed by atoms with van der Waals surface area (Å²) in [6, 6.07) is 6.11. The van der Waals surface area contributed by atoms with Crippen LogP contribution in [0.15, 0.2) is 24.3 Å². The van der Waals surface area contributed by atoms with Crippen molar-refractivity contribution in [2.24, 2.45) is 0 Å². The number of carboxylic acids is 1. The van der Waals surface area contributed by atoms with Crippen molar-refractivity contribution in [3.05, 3.63) is 34.8 Å². The quantitative estimate of drug-likeness (QED) is 0.779. The van der Waals surface area contributed by atoms with Gasteiger partial charge < -0.3 is 10.4 Å². The van der Waals surface area contributed by atoms with E-state index in [1.165, 1.54) is 12.1 Å². The number of carbonyl (C=O) groups excluding carboxylic acids is 1. The molecule has 2 N–H and O–H groups in total. The van der Waals surface area contributed by atoms with Crippen molar-refractivity contribution in [3.63, 3.8) is 0 Å². The summed E-state index contributed by atoms with van der Waals surface area (Å²) in [6.07, 6.45) is -5.15. The first kappa shape index (κ1) is 18.8. The number of rotatable bonds is 7.